The molecule has 2 rings (SSSR count). The van der Waals surface area contributed by atoms with Crippen molar-refractivity contribution >= 4 is 17.6 Å². The van der Waals surface area contributed by atoms with E-state index in [0.29, 0.717) is 17.9 Å². The van der Waals surface area contributed by atoms with E-state index in [1.54, 1.807) is 13.0 Å². The number of anilines is 1. The highest BCUT2D eigenvalue weighted by atomic mass is 16.5. The minimum absolute atomic E-state index is 0.0453. The van der Waals surface area contributed by atoms with Crippen molar-refractivity contribution in [1.29, 1.82) is 0 Å². The SMILES string of the molecule is COCc1cc(NC(=O)C(C)OCC2CCCO2)cc(C(=O)O)c1. The maximum Gasteiger partial charge on any atom is 0.335 e. The first-order chi connectivity index (χ1) is 11.5. The maximum atomic E-state index is 12.2. The third-order valence-corrected chi connectivity index (χ3v) is 3.74. The quantitative estimate of drug-likeness (QED) is 0.754. The second-order valence-electron chi connectivity index (χ2n) is 5.76. The fourth-order valence-electron chi connectivity index (χ4n) is 2.48. The van der Waals surface area contributed by atoms with Gasteiger partial charge in [-0.2, -0.15) is 0 Å². The number of rotatable bonds is 8. The van der Waals surface area contributed by atoms with E-state index in [4.69, 9.17) is 19.3 Å². The van der Waals surface area contributed by atoms with Gasteiger partial charge in [0.05, 0.1) is 24.9 Å². The Bertz CT molecular complexity index is 582. The number of carboxylic acid groups (broad SMARTS) is 1. The molecular weight excluding hydrogens is 314 g/mol. The fourth-order valence-corrected chi connectivity index (χ4v) is 2.48. The summed E-state index contributed by atoms with van der Waals surface area (Å²) in [5.74, 6) is -1.40. The molecule has 1 saturated heterocycles. The van der Waals surface area contributed by atoms with Gasteiger partial charge in [-0.3, -0.25) is 4.79 Å². The summed E-state index contributed by atoms with van der Waals surface area (Å²) in [5, 5.41) is 11.8. The van der Waals surface area contributed by atoms with Crippen molar-refractivity contribution < 1.29 is 28.9 Å². The number of aromatic carboxylic acids is 1. The van der Waals surface area contributed by atoms with Gasteiger partial charge in [-0.05, 0) is 43.5 Å². The number of benzene rings is 1. The zero-order valence-corrected chi connectivity index (χ0v) is 13.9. The van der Waals surface area contributed by atoms with Crippen molar-refractivity contribution in [3.63, 3.8) is 0 Å². The Balaban J connectivity index is 1.97. The second-order valence-corrected chi connectivity index (χ2v) is 5.76. The Hall–Kier alpha value is -1.96. The van der Waals surface area contributed by atoms with Crippen molar-refractivity contribution in [3.8, 4) is 0 Å². The zero-order chi connectivity index (χ0) is 17.5. The number of nitrogens with one attached hydrogen (secondary N) is 1. The van der Waals surface area contributed by atoms with Gasteiger partial charge in [0.15, 0.2) is 0 Å². The average Bonchev–Trinajstić information content (AvgIpc) is 3.06. The molecule has 0 saturated carbocycles. The third kappa shape index (κ3) is 5.30. The summed E-state index contributed by atoms with van der Waals surface area (Å²) in [5.41, 5.74) is 1.16. The van der Waals surface area contributed by atoms with Crippen molar-refractivity contribution in [2.24, 2.45) is 0 Å². The van der Waals surface area contributed by atoms with Crippen LogP contribution in [0, 0.1) is 0 Å². The zero-order valence-electron chi connectivity index (χ0n) is 13.9. The Morgan fingerprint density at radius 2 is 2.21 bits per heavy atom. The minimum Gasteiger partial charge on any atom is -0.478 e. The van der Waals surface area contributed by atoms with E-state index in [1.165, 1.54) is 19.2 Å². The molecule has 7 heteroatoms. The monoisotopic (exact) mass is 337 g/mol. The predicted molar refractivity (Wildman–Crippen MR) is 87.1 cm³/mol. The molecule has 24 heavy (non-hydrogen) atoms. The van der Waals surface area contributed by atoms with Gasteiger partial charge in [0.25, 0.3) is 5.91 Å². The first-order valence-electron chi connectivity index (χ1n) is 7.90. The van der Waals surface area contributed by atoms with Crippen LogP contribution < -0.4 is 5.32 Å². The molecule has 1 fully saturated rings. The number of carbonyl (C=O) groups excluding carboxylic acids is 1. The highest BCUT2D eigenvalue weighted by Crippen LogP contribution is 2.17. The Labute approximate surface area is 140 Å². The number of hydrogen-bond acceptors (Lipinski definition) is 5. The van der Waals surface area contributed by atoms with Gasteiger partial charge in [0, 0.05) is 19.4 Å². The lowest BCUT2D eigenvalue weighted by atomic mass is 10.1. The van der Waals surface area contributed by atoms with Crippen LogP contribution in [0.4, 0.5) is 5.69 Å². The van der Waals surface area contributed by atoms with Crippen LogP contribution in [0.15, 0.2) is 18.2 Å². The predicted octanol–water partition coefficient (Wildman–Crippen LogP) is 2.05. The largest absolute Gasteiger partial charge is 0.478 e. The van der Waals surface area contributed by atoms with Gasteiger partial charge in [-0.25, -0.2) is 4.79 Å². The van der Waals surface area contributed by atoms with E-state index >= 15 is 0 Å². The van der Waals surface area contributed by atoms with Crippen LogP contribution in [-0.2, 0) is 25.6 Å². The number of ether oxygens (including phenoxy) is 3. The van der Waals surface area contributed by atoms with E-state index in [0.717, 1.165) is 19.4 Å². The van der Waals surface area contributed by atoms with E-state index in [9.17, 15) is 9.59 Å². The van der Waals surface area contributed by atoms with Crippen LogP contribution >= 0.6 is 0 Å². The number of methoxy groups -OCH3 is 1. The van der Waals surface area contributed by atoms with E-state index in [2.05, 4.69) is 5.32 Å². The number of hydrogen-bond donors (Lipinski definition) is 2. The smallest absolute Gasteiger partial charge is 0.335 e. The number of carboxylic acids is 1. The summed E-state index contributed by atoms with van der Waals surface area (Å²) < 4.78 is 16.0. The van der Waals surface area contributed by atoms with E-state index in [1.807, 2.05) is 0 Å². The lowest BCUT2D eigenvalue weighted by Gasteiger charge is -2.16. The molecule has 0 bridgehead atoms. The number of carbonyl (C=O) groups is 2. The molecule has 1 aromatic rings. The summed E-state index contributed by atoms with van der Waals surface area (Å²) >= 11 is 0. The molecule has 2 atom stereocenters. The summed E-state index contributed by atoms with van der Waals surface area (Å²) in [4.78, 5) is 23.4. The van der Waals surface area contributed by atoms with Gasteiger partial charge in [0.2, 0.25) is 0 Å². The van der Waals surface area contributed by atoms with Crippen LogP contribution in [0.5, 0.6) is 0 Å². The maximum absolute atomic E-state index is 12.2. The van der Waals surface area contributed by atoms with Gasteiger partial charge in [0.1, 0.15) is 6.10 Å². The molecule has 7 nitrogen and oxygen atoms in total. The topological polar surface area (TPSA) is 94.1 Å². The molecule has 0 radical (unpaired) electrons. The van der Waals surface area contributed by atoms with Crippen molar-refractivity contribution in [3.05, 3.63) is 29.3 Å². The minimum atomic E-state index is -1.06. The molecule has 0 aromatic heterocycles. The van der Waals surface area contributed by atoms with Crippen molar-refractivity contribution in [2.75, 3.05) is 25.6 Å². The molecule has 2 unspecified atom stereocenters. The normalized spacial score (nSPS) is 18.3. The highest BCUT2D eigenvalue weighted by Gasteiger charge is 2.20. The highest BCUT2D eigenvalue weighted by molar-refractivity contribution is 5.96. The van der Waals surface area contributed by atoms with Gasteiger partial charge >= 0.3 is 5.97 Å². The summed E-state index contributed by atoms with van der Waals surface area (Å²) in [7, 11) is 1.52. The Kier molecular flexibility index (Phi) is 6.72. The van der Waals surface area contributed by atoms with Crippen molar-refractivity contribution in [1.82, 2.24) is 0 Å². The lowest BCUT2D eigenvalue weighted by Crippen LogP contribution is -2.30. The number of amides is 1. The van der Waals surface area contributed by atoms with Gasteiger partial charge in [-0.1, -0.05) is 0 Å². The van der Waals surface area contributed by atoms with E-state index < -0.39 is 12.1 Å². The molecular formula is C17H23NO6. The van der Waals surface area contributed by atoms with Crippen LogP contribution in [0.1, 0.15) is 35.7 Å². The first-order valence-corrected chi connectivity index (χ1v) is 7.90. The molecule has 132 valence electrons. The second kappa shape index (κ2) is 8.77. The molecule has 1 aromatic carbocycles. The summed E-state index contributed by atoms with van der Waals surface area (Å²) in [6.45, 7) is 3.02. The Morgan fingerprint density at radius 1 is 1.42 bits per heavy atom. The molecule has 1 amide bonds. The van der Waals surface area contributed by atoms with Crippen molar-refractivity contribution in [2.45, 2.75) is 38.6 Å². The molecule has 1 heterocycles. The molecule has 0 spiro atoms. The molecule has 2 N–H and O–H groups in total. The average molecular weight is 337 g/mol. The standard InChI is InChI=1S/C17H23NO6/c1-11(24-10-15-4-3-5-23-15)16(19)18-14-7-12(9-22-2)6-13(8-14)17(20)21/h6-8,11,15H,3-5,9-10H2,1-2H3,(H,18,19)(H,20,21). The summed E-state index contributed by atoms with van der Waals surface area (Å²) in [6.07, 6.45) is 1.34. The van der Waals surface area contributed by atoms with E-state index in [-0.39, 0.29) is 24.2 Å². The van der Waals surface area contributed by atoms with Gasteiger partial charge < -0.3 is 24.6 Å². The van der Waals surface area contributed by atoms with Crippen LogP contribution in [-0.4, -0.2) is 49.5 Å². The lowest BCUT2D eigenvalue weighted by molar-refractivity contribution is -0.128. The first kappa shape index (κ1) is 18.4. The van der Waals surface area contributed by atoms with Crippen LogP contribution in [0.3, 0.4) is 0 Å². The van der Waals surface area contributed by atoms with Gasteiger partial charge in [-0.15, -0.1) is 0 Å². The van der Waals surface area contributed by atoms with Crippen LogP contribution in [0.2, 0.25) is 0 Å². The summed E-state index contributed by atoms with van der Waals surface area (Å²) in [6, 6.07) is 4.60. The Morgan fingerprint density at radius 3 is 2.83 bits per heavy atom. The van der Waals surface area contributed by atoms with Crippen LogP contribution in [0.25, 0.3) is 0 Å². The fraction of sp³-hybridized carbons (Fsp3) is 0.529. The third-order valence-electron chi connectivity index (χ3n) is 3.74. The molecule has 0 aliphatic carbocycles. The molecule has 1 aliphatic rings. The molecule has 1 aliphatic heterocycles.